The van der Waals surface area contributed by atoms with E-state index in [0.717, 1.165) is 0 Å². The van der Waals surface area contributed by atoms with Crippen molar-refractivity contribution >= 4 is 17.9 Å². The predicted octanol–water partition coefficient (Wildman–Crippen LogP) is 7.25. The molecule has 0 rings (SSSR count). The van der Waals surface area contributed by atoms with Crippen LogP contribution in [0.15, 0.2) is 0 Å². The zero-order valence-electron chi connectivity index (χ0n) is 29.4. The summed E-state index contributed by atoms with van der Waals surface area (Å²) >= 11 is 0. The molecule has 0 saturated carbocycles. The lowest BCUT2D eigenvalue weighted by Gasteiger charge is -2.41. The molecule has 0 spiro atoms. The first kappa shape index (κ1) is 44.8. The van der Waals surface area contributed by atoms with E-state index in [1.165, 1.54) is 41.5 Å². The van der Waals surface area contributed by atoms with Gasteiger partial charge in [0.1, 0.15) is 12.2 Å². The fourth-order valence-electron chi connectivity index (χ4n) is 5.10. The zero-order chi connectivity index (χ0) is 37.4. The fourth-order valence-corrected chi connectivity index (χ4v) is 5.10. The Balaban J connectivity index is 6.52. The van der Waals surface area contributed by atoms with Crippen LogP contribution in [0.1, 0.15) is 108 Å². The number of carbonyl (C=O) groups excluding carboxylic acids is 3. The minimum absolute atomic E-state index is 0.00110. The van der Waals surface area contributed by atoms with Crippen LogP contribution in [0.5, 0.6) is 0 Å². The molecule has 2 N–H and O–H groups in total. The summed E-state index contributed by atoms with van der Waals surface area (Å²) in [5, 5.41) is 12.4. The molecule has 0 amide bonds. The van der Waals surface area contributed by atoms with Gasteiger partial charge in [0.2, 0.25) is 5.67 Å². The molecule has 278 valence electrons. The zero-order valence-corrected chi connectivity index (χ0v) is 29.4. The van der Waals surface area contributed by atoms with Crippen LogP contribution >= 0.6 is 0 Å². The van der Waals surface area contributed by atoms with E-state index >= 15 is 4.39 Å². The van der Waals surface area contributed by atoms with Crippen molar-refractivity contribution in [3.8, 4) is 0 Å². The number of hydrogen-bond donors (Lipinski definition) is 2. The van der Waals surface area contributed by atoms with E-state index in [4.69, 9.17) is 14.2 Å². The lowest BCUT2D eigenvalue weighted by Crippen LogP contribution is -2.52. The first-order valence-electron chi connectivity index (χ1n) is 15.7. The topological polar surface area (TPSA) is 111 Å². The Bertz CT molecular complexity index is 1050. The molecule has 15 heteroatoms. The Labute approximate surface area is 273 Å². The summed E-state index contributed by atoms with van der Waals surface area (Å²) in [4.78, 5) is 39.7. The van der Waals surface area contributed by atoms with Crippen molar-refractivity contribution < 1.29 is 64.4 Å². The predicted molar refractivity (Wildman–Crippen MR) is 161 cm³/mol. The number of ether oxygens (including phenoxy) is 3. The van der Waals surface area contributed by atoms with Gasteiger partial charge in [0.05, 0.1) is 24.5 Å². The Morgan fingerprint density at radius 1 is 0.766 bits per heavy atom. The van der Waals surface area contributed by atoms with Gasteiger partial charge in [-0.2, -0.15) is 26.3 Å². The third kappa shape index (κ3) is 15.3. The van der Waals surface area contributed by atoms with E-state index in [0.29, 0.717) is 6.92 Å². The maximum atomic E-state index is 17.0. The van der Waals surface area contributed by atoms with Gasteiger partial charge < -0.3 is 24.6 Å². The first-order valence-corrected chi connectivity index (χ1v) is 15.7. The quantitative estimate of drug-likeness (QED) is 0.0826. The normalized spacial score (nSPS) is 18.8. The van der Waals surface area contributed by atoms with Crippen molar-refractivity contribution in [1.82, 2.24) is 5.32 Å². The highest BCUT2D eigenvalue weighted by atomic mass is 19.4. The Morgan fingerprint density at radius 3 is 1.72 bits per heavy atom. The number of carbonyl (C=O) groups is 3. The summed E-state index contributed by atoms with van der Waals surface area (Å²) in [5.74, 6) is -5.16. The molecule has 0 aliphatic heterocycles. The lowest BCUT2D eigenvalue weighted by atomic mass is 9.74. The SMILES string of the molecule is CCC(C)(CC(F)(CC(C)C(=O)OCC(C)C)C(=O)OCC(C)(C)NCC(F)(F)F)C(=O)OC(C)(CC(C)C)CC(C)(O)C(F)(F)F. The van der Waals surface area contributed by atoms with Crippen molar-refractivity contribution in [2.24, 2.45) is 23.2 Å². The molecule has 47 heavy (non-hydrogen) atoms. The summed E-state index contributed by atoms with van der Waals surface area (Å²) < 4.78 is 112. The number of rotatable bonds is 19. The smallest absolute Gasteiger partial charge is 0.417 e. The number of hydrogen-bond acceptors (Lipinski definition) is 8. The van der Waals surface area contributed by atoms with Crippen LogP contribution in [0.25, 0.3) is 0 Å². The van der Waals surface area contributed by atoms with E-state index < -0.39 is 96.4 Å². The molecule has 0 aliphatic rings. The van der Waals surface area contributed by atoms with Crippen molar-refractivity contribution in [1.29, 1.82) is 0 Å². The second-order valence-electron chi connectivity index (χ2n) is 15.0. The molecule has 0 aliphatic carbocycles. The lowest BCUT2D eigenvalue weighted by molar-refractivity contribution is -0.270. The third-order valence-electron chi connectivity index (χ3n) is 7.74. The highest BCUT2D eigenvalue weighted by molar-refractivity contribution is 5.84. The summed E-state index contributed by atoms with van der Waals surface area (Å²) in [5.41, 5.74) is -11.5. The van der Waals surface area contributed by atoms with E-state index in [-0.39, 0.29) is 31.3 Å². The summed E-state index contributed by atoms with van der Waals surface area (Å²) in [6.07, 6.45) is -12.7. The maximum Gasteiger partial charge on any atom is 0.417 e. The van der Waals surface area contributed by atoms with Gasteiger partial charge >= 0.3 is 30.3 Å². The largest absolute Gasteiger partial charge is 0.465 e. The van der Waals surface area contributed by atoms with Crippen LogP contribution in [0.2, 0.25) is 0 Å². The molecule has 5 unspecified atom stereocenters. The summed E-state index contributed by atoms with van der Waals surface area (Å²) in [6.45, 7) is 13.1. The van der Waals surface area contributed by atoms with E-state index in [1.54, 1.807) is 27.7 Å². The van der Waals surface area contributed by atoms with Crippen molar-refractivity contribution in [3.63, 3.8) is 0 Å². The van der Waals surface area contributed by atoms with Gasteiger partial charge in [-0.25, -0.2) is 9.18 Å². The van der Waals surface area contributed by atoms with Crippen LogP contribution < -0.4 is 5.32 Å². The molecule has 0 radical (unpaired) electrons. The Hall–Kier alpha value is -2.16. The van der Waals surface area contributed by atoms with Crippen molar-refractivity contribution in [2.75, 3.05) is 19.8 Å². The fraction of sp³-hybridized carbons (Fsp3) is 0.906. The van der Waals surface area contributed by atoms with Gasteiger partial charge in [-0.15, -0.1) is 0 Å². The highest BCUT2D eigenvalue weighted by Crippen LogP contribution is 2.44. The highest BCUT2D eigenvalue weighted by Gasteiger charge is 2.56. The minimum atomic E-state index is -5.06. The van der Waals surface area contributed by atoms with Gasteiger partial charge in [-0.05, 0) is 59.3 Å². The average molecular weight is 698 g/mol. The Morgan fingerprint density at radius 2 is 1.30 bits per heavy atom. The number of aliphatic hydroxyl groups is 1. The standard InChI is InChI=1S/C32H54F7NO7/c1-12-27(9,24(42)47-28(10,13-20(2)3)17-29(11,44)32(37,38)39)16-30(33,14-22(6)23(41)45-15-21(4)5)25(43)46-19-26(7,8)40-18-31(34,35)36/h20-22,40,44H,12-19H2,1-11H3. The number of halogens is 7. The van der Waals surface area contributed by atoms with Crippen LogP contribution in [-0.2, 0) is 28.6 Å². The summed E-state index contributed by atoms with van der Waals surface area (Å²) in [6, 6.07) is 0. The molecule has 0 aromatic heterocycles. The van der Waals surface area contributed by atoms with Gasteiger partial charge in [0.25, 0.3) is 0 Å². The summed E-state index contributed by atoms with van der Waals surface area (Å²) in [7, 11) is 0. The third-order valence-corrected chi connectivity index (χ3v) is 7.74. The average Bonchev–Trinajstić information content (AvgIpc) is 2.86. The van der Waals surface area contributed by atoms with Crippen LogP contribution in [-0.4, -0.2) is 77.5 Å². The van der Waals surface area contributed by atoms with Gasteiger partial charge in [0.15, 0.2) is 5.60 Å². The molecular formula is C32H54F7NO7. The number of nitrogens with one attached hydrogen (secondary N) is 1. The van der Waals surface area contributed by atoms with Crippen molar-refractivity contribution in [2.45, 2.75) is 143 Å². The molecule has 5 atom stereocenters. The molecule has 0 heterocycles. The first-order chi connectivity index (χ1) is 20.8. The van der Waals surface area contributed by atoms with Crippen LogP contribution in [0.4, 0.5) is 30.7 Å². The second kappa shape index (κ2) is 16.5. The minimum Gasteiger partial charge on any atom is -0.465 e. The molecule has 0 fully saturated rings. The molecule has 8 nitrogen and oxygen atoms in total. The van der Waals surface area contributed by atoms with Crippen LogP contribution in [0, 0.1) is 23.2 Å². The van der Waals surface area contributed by atoms with Gasteiger partial charge in [-0.1, -0.05) is 41.5 Å². The monoisotopic (exact) mass is 697 g/mol. The van der Waals surface area contributed by atoms with E-state index in [2.05, 4.69) is 5.32 Å². The molecular weight excluding hydrogens is 643 g/mol. The molecule has 0 bridgehead atoms. The van der Waals surface area contributed by atoms with Crippen molar-refractivity contribution in [3.05, 3.63) is 0 Å². The number of esters is 3. The molecule has 0 aromatic carbocycles. The number of alkyl halides is 7. The Kier molecular flexibility index (Phi) is 15.7. The van der Waals surface area contributed by atoms with E-state index in [1.807, 2.05) is 0 Å². The molecule has 0 saturated heterocycles. The molecule has 0 aromatic rings. The van der Waals surface area contributed by atoms with Crippen LogP contribution in [0.3, 0.4) is 0 Å². The second-order valence-corrected chi connectivity index (χ2v) is 15.0. The van der Waals surface area contributed by atoms with Gasteiger partial charge in [-0.3, -0.25) is 9.59 Å². The van der Waals surface area contributed by atoms with E-state index in [9.17, 15) is 45.8 Å². The maximum absolute atomic E-state index is 17.0. The van der Waals surface area contributed by atoms with Gasteiger partial charge in [0, 0.05) is 24.8 Å².